The topological polar surface area (TPSA) is 84.5 Å². The van der Waals surface area contributed by atoms with Crippen LogP contribution in [0.2, 0.25) is 0 Å². The summed E-state index contributed by atoms with van der Waals surface area (Å²) in [4.78, 5) is 16.6. The van der Waals surface area contributed by atoms with Crippen LogP contribution in [0, 0.1) is 5.92 Å². The number of pyridine rings is 1. The standard InChI is InChI=1S/C18H22N4O3/c1-24-15-4-3-13(9-16(15)25-2)17-14(11-21-22-17)18(23)20-10-12-5-7-19-8-6-12/h3-9,14,17,21-22H,10-11H2,1-2H3,(H,20,23). The van der Waals surface area contributed by atoms with E-state index in [9.17, 15) is 4.79 Å². The molecule has 2 atom stereocenters. The Bertz CT molecular complexity index is 724. The Morgan fingerprint density at radius 1 is 1.20 bits per heavy atom. The Balaban J connectivity index is 1.70. The molecular weight excluding hydrogens is 320 g/mol. The molecule has 1 aromatic heterocycles. The van der Waals surface area contributed by atoms with E-state index in [2.05, 4.69) is 21.2 Å². The molecule has 0 radical (unpaired) electrons. The summed E-state index contributed by atoms with van der Waals surface area (Å²) >= 11 is 0. The first-order valence-electron chi connectivity index (χ1n) is 8.10. The van der Waals surface area contributed by atoms with Crippen LogP contribution in [0.5, 0.6) is 11.5 Å². The van der Waals surface area contributed by atoms with E-state index in [1.165, 1.54) is 0 Å². The minimum atomic E-state index is -0.222. The van der Waals surface area contributed by atoms with Gasteiger partial charge in [0.1, 0.15) is 0 Å². The lowest BCUT2D eigenvalue weighted by molar-refractivity contribution is -0.125. The van der Waals surface area contributed by atoms with Gasteiger partial charge in [-0.2, -0.15) is 0 Å². The number of hydrogen-bond donors (Lipinski definition) is 3. The molecule has 1 aliphatic rings. The quantitative estimate of drug-likeness (QED) is 0.731. The number of ether oxygens (including phenoxy) is 2. The summed E-state index contributed by atoms with van der Waals surface area (Å²) in [5, 5.41) is 2.99. The third-order valence-corrected chi connectivity index (χ3v) is 4.30. The number of carbonyl (C=O) groups excluding carboxylic acids is 1. The summed E-state index contributed by atoms with van der Waals surface area (Å²) in [6, 6.07) is 9.31. The molecule has 0 spiro atoms. The van der Waals surface area contributed by atoms with E-state index in [0.29, 0.717) is 24.6 Å². The summed E-state index contributed by atoms with van der Waals surface area (Å²) in [5.41, 5.74) is 8.23. The number of aromatic nitrogens is 1. The fourth-order valence-electron chi connectivity index (χ4n) is 2.92. The molecule has 1 saturated heterocycles. The molecule has 2 aromatic rings. The number of benzene rings is 1. The fraction of sp³-hybridized carbons (Fsp3) is 0.333. The molecule has 0 bridgehead atoms. The zero-order chi connectivity index (χ0) is 17.6. The molecule has 3 rings (SSSR count). The first kappa shape index (κ1) is 17.2. The van der Waals surface area contributed by atoms with E-state index < -0.39 is 0 Å². The second-order valence-corrected chi connectivity index (χ2v) is 5.80. The highest BCUT2D eigenvalue weighted by molar-refractivity contribution is 5.80. The van der Waals surface area contributed by atoms with Gasteiger partial charge in [-0.1, -0.05) is 6.07 Å². The van der Waals surface area contributed by atoms with Gasteiger partial charge in [-0.3, -0.25) is 15.2 Å². The number of hydrazine groups is 1. The molecule has 7 heteroatoms. The maximum absolute atomic E-state index is 12.6. The summed E-state index contributed by atoms with van der Waals surface area (Å²) < 4.78 is 10.6. The summed E-state index contributed by atoms with van der Waals surface area (Å²) in [7, 11) is 3.20. The lowest BCUT2D eigenvalue weighted by Crippen LogP contribution is -2.34. The Morgan fingerprint density at radius 2 is 1.96 bits per heavy atom. The average molecular weight is 342 g/mol. The smallest absolute Gasteiger partial charge is 0.226 e. The summed E-state index contributed by atoms with van der Waals surface area (Å²) in [6.45, 7) is 1.04. The van der Waals surface area contributed by atoms with Gasteiger partial charge in [-0.25, -0.2) is 5.43 Å². The predicted molar refractivity (Wildman–Crippen MR) is 93.0 cm³/mol. The second-order valence-electron chi connectivity index (χ2n) is 5.80. The molecule has 1 amide bonds. The number of nitrogens with one attached hydrogen (secondary N) is 3. The van der Waals surface area contributed by atoms with E-state index in [4.69, 9.17) is 9.47 Å². The van der Waals surface area contributed by atoms with Gasteiger partial charge in [0.15, 0.2) is 11.5 Å². The van der Waals surface area contributed by atoms with Crippen LogP contribution in [0.4, 0.5) is 0 Å². The van der Waals surface area contributed by atoms with Gasteiger partial charge in [0.25, 0.3) is 0 Å². The number of methoxy groups -OCH3 is 2. The van der Waals surface area contributed by atoms with Gasteiger partial charge in [-0.05, 0) is 35.4 Å². The van der Waals surface area contributed by atoms with E-state index in [1.54, 1.807) is 26.6 Å². The molecule has 0 aliphatic carbocycles. The van der Waals surface area contributed by atoms with Crippen molar-refractivity contribution >= 4 is 5.91 Å². The van der Waals surface area contributed by atoms with Crippen LogP contribution in [-0.2, 0) is 11.3 Å². The SMILES string of the molecule is COc1ccc(C2NNCC2C(=O)NCc2ccncc2)cc1OC. The Morgan fingerprint density at radius 3 is 2.68 bits per heavy atom. The Hall–Kier alpha value is -2.64. The highest BCUT2D eigenvalue weighted by Crippen LogP contribution is 2.33. The van der Waals surface area contributed by atoms with E-state index in [-0.39, 0.29) is 17.9 Å². The number of nitrogens with zero attached hydrogens (tertiary/aromatic N) is 1. The maximum atomic E-state index is 12.6. The van der Waals surface area contributed by atoms with Gasteiger partial charge < -0.3 is 14.8 Å². The summed E-state index contributed by atoms with van der Waals surface area (Å²) in [5.74, 6) is 1.08. The predicted octanol–water partition coefficient (Wildman–Crippen LogP) is 1.18. The van der Waals surface area contributed by atoms with Crippen LogP contribution >= 0.6 is 0 Å². The normalized spacial score (nSPS) is 19.4. The molecule has 25 heavy (non-hydrogen) atoms. The average Bonchev–Trinajstić information content (AvgIpc) is 3.16. The van der Waals surface area contributed by atoms with Crippen molar-refractivity contribution in [3.8, 4) is 11.5 Å². The van der Waals surface area contributed by atoms with Crippen molar-refractivity contribution in [2.24, 2.45) is 5.92 Å². The van der Waals surface area contributed by atoms with Crippen molar-refractivity contribution in [1.29, 1.82) is 0 Å². The van der Waals surface area contributed by atoms with Crippen molar-refractivity contribution in [1.82, 2.24) is 21.2 Å². The number of amides is 1. The monoisotopic (exact) mass is 342 g/mol. The highest BCUT2D eigenvalue weighted by atomic mass is 16.5. The number of hydrogen-bond acceptors (Lipinski definition) is 6. The first-order valence-corrected chi connectivity index (χ1v) is 8.10. The van der Waals surface area contributed by atoms with Crippen LogP contribution in [-0.4, -0.2) is 31.7 Å². The van der Waals surface area contributed by atoms with Gasteiger partial charge >= 0.3 is 0 Å². The molecule has 2 heterocycles. The number of rotatable bonds is 6. The van der Waals surface area contributed by atoms with Crippen molar-refractivity contribution in [2.75, 3.05) is 20.8 Å². The van der Waals surface area contributed by atoms with Crippen LogP contribution in [0.25, 0.3) is 0 Å². The third-order valence-electron chi connectivity index (χ3n) is 4.30. The van der Waals surface area contributed by atoms with Crippen molar-refractivity contribution in [3.05, 3.63) is 53.9 Å². The highest BCUT2D eigenvalue weighted by Gasteiger charge is 2.34. The lowest BCUT2D eigenvalue weighted by Gasteiger charge is -2.20. The lowest BCUT2D eigenvalue weighted by atomic mass is 9.94. The van der Waals surface area contributed by atoms with Crippen molar-refractivity contribution in [2.45, 2.75) is 12.6 Å². The van der Waals surface area contributed by atoms with Gasteiger partial charge in [-0.15, -0.1) is 0 Å². The molecule has 0 saturated carbocycles. The molecule has 1 aliphatic heterocycles. The molecule has 7 nitrogen and oxygen atoms in total. The van der Waals surface area contributed by atoms with E-state index >= 15 is 0 Å². The minimum Gasteiger partial charge on any atom is -0.493 e. The van der Waals surface area contributed by atoms with Crippen molar-refractivity contribution in [3.63, 3.8) is 0 Å². The van der Waals surface area contributed by atoms with Crippen LogP contribution in [0.3, 0.4) is 0 Å². The molecule has 2 unspecified atom stereocenters. The first-order chi connectivity index (χ1) is 12.2. The maximum Gasteiger partial charge on any atom is 0.226 e. The van der Waals surface area contributed by atoms with Crippen molar-refractivity contribution < 1.29 is 14.3 Å². The fourth-order valence-corrected chi connectivity index (χ4v) is 2.92. The third kappa shape index (κ3) is 3.89. The Labute approximate surface area is 146 Å². The van der Waals surface area contributed by atoms with E-state index in [0.717, 1.165) is 11.1 Å². The largest absolute Gasteiger partial charge is 0.493 e. The molecule has 1 fully saturated rings. The van der Waals surface area contributed by atoms with Gasteiger partial charge in [0.05, 0.1) is 26.2 Å². The Kier molecular flexibility index (Phi) is 5.47. The molecule has 132 valence electrons. The molecule has 1 aromatic carbocycles. The molecule has 3 N–H and O–H groups in total. The van der Waals surface area contributed by atoms with E-state index in [1.807, 2.05) is 30.3 Å². The second kappa shape index (κ2) is 7.96. The minimum absolute atomic E-state index is 0.00547. The van der Waals surface area contributed by atoms with Crippen LogP contribution in [0.15, 0.2) is 42.7 Å². The molecular formula is C18H22N4O3. The summed E-state index contributed by atoms with van der Waals surface area (Å²) in [6.07, 6.45) is 3.43. The number of carbonyl (C=O) groups is 1. The van der Waals surface area contributed by atoms with Crippen LogP contribution in [0.1, 0.15) is 17.2 Å². The zero-order valence-electron chi connectivity index (χ0n) is 14.3. The van der Waals surface area contributed by atoms with Gasteiger partial charge in [0.2, 0.25) is 5.91 Å². The van der Waals surface area contributed by atoms with Crippen LogP contribution < -0.4 is 25.6 Å². The zero-order valence-corrected chi connectivity index (χ0v) is 14.3. The van der Waals surface area contributed by atoms with Gasteiger partial charge in [0, 0.05) is 25.5 Å².